The average molecular weight is 394 g/mol. The van der Waals surface area contributed by atoms with E-state index in [9.17, 15) is 4.79 Å². The summed E-state index contributed by atoms with van der Waals surface area (Å²) in [6, 6.07) is 0. The second kappa shape index (κ2) is 11.4. The first kappa shape index (κ1) is 21.0. The SMILES string of the molecule is C=CS/C(C/C=C/C1CCCN(Cc2ncc[nH]c2=O)CCC1)=C(\C)Cl. The zero-order valence-corrected chi connectivity index (χ0v) is 17.0. The van der Waals surface area contributed by atoms with E-state index in [4.69, 9.17) is 11.6 Å². The summed E-state index contributed by atoms with van der Waals surface area (Å²) in [5, 5.41) is 2.67. The Morgan fingerprint density at radius 2 is 2.19 bits per heavy atom. The van der Waals surface area contributed by atoms with Crippen LogP contribution >= 0.6 is 23.4 Å². The molecule has 2 rings (SSSR count). The van der Waals surface area contributed by atoms with Crippen LogP contribution in [0, 0.1) is 5.92 Å². The van der Waals surface area contributed by atoms with Gasteiger partial charge in [0.25, 0.3) is 5.56 Å². The van der Waals surface area contributed by atoms with Gasteiger partial charge in [-0.15, -0.1) is 11.8 Å². The Balaban J connectivity index is 1.81. The molecule has 0 amide bonds. The second-order valence-electron chi connectivity index (χ2n) is 6.56. The van der Waals surface area contributed by atoms with Crippen molar-refractivity contribution in [1.29, 1.82) is 0 Å². The number of halogens is 1. The summed E-state index contributed by atoms with van der Waals surface area (Å²) in [7, 11) is 0. The van der Waals surface area contributed by atoms with Crippen molar-refractivity contribution in [2.75, 3.05) is 13.1 Å². The lowest BCUT2D eigenvalue weighted by molar-refractivity contribution is 0.225. The number of likely N-dealkylation sites (tertiary alicyclic amines) is 1. The van der Waals surface area contributed by atoms with E-state index in [1.807, 2.05) is 12.3 Å². The maximum absolute atomic E-state index is 11.8. The molecule has 1 aliphatic heterocycles. The first-order chi connectivity index (χ1) is 12.6. The van der Waals surface area contributed by atoms with Gasteiger partial charge >= 0.3 is 0 Å². The summed E-state index contributed by atoms with van der Waals surface area (Å²) in [6.45, 7) is 8.35. The molecule has 0 bridgehead atoms. The van der Waals surface area contributed by atoms with Crippen LogP contribution in [0.5, 0.6) is 0 Å². The molecule has 2 heterocycles. The summed E-state index contributed by atoms with van der Waals surface area (Å²) < 4.78 is 0. The minimum atomic E-state index is -0.0776. The van der Waals surface area contributed by atoms with Crippen LogP contribution in [0.15, 0.2) is 51.3 Å². The van der Waals surface area contributed by atoms with Gasteiger partial charge in [0.05, 0.1) is 0 Å². The van der Waals surface area contributed by atoms with Gasteiger partial charge in [0, 0.05) is 28.9 Å². The molecular weight excluding hydrogens is 366 g/mol. The second-order valence-corrected chi connectivity index (χ2v) is 8.19. The quantitative estimate of drug-likeness (QED) is 0.658. The van der Waals surface area contributed by atoms with Crippen molar-refractivity contribution in [3.05, 3.63) is 62.5 Å². The Morgan fingerprint density at radius 3 is 2.81 bits per heavy atom. The van der Waals surface area contributed by atoms with E-state index >= 15 is 0 Å². The molecule has 1 aromatic rings. The van der Waals surface area contributed by atoms with E-state index in [-0.39, 0.29) is 5.56 Å². The van der Waals surface area contributed by atoms with E-state index in [1.54, 1.807) is 24.2 Å². The fourth-order valence-electron chi connectivity index (χ4n) is 3.21. The molecular formula is C20H28ClN3OS. The first-order valence-electron chi connectivity index (χ1n) is 9.14. The fraction of sp³-hybridized carbons (Fsp3) is 0.500. The Kier molecular flexibility index (Phi) is 9.23. The third kappa shape index (κ3) is 7.14. The Bertz CT molecular complexity index is 684. The monoisotopic (exact) mass is 393 g/mol. The topological polar surface area (TPSA) is 49.0 Å². The molecule has 1 aromatic heterocycles. The predicted octanol–water partition coefficient (Wildman–Crippen LogP) is 5.06. The lowest BCUT2D eigenvalue weighted by Crippen LogP contribution is -2.31. The third-order valence-electron chi connectivity index (χ3n) is 4.57. The van der Waals surface area contributed by atoms with Crippen molar-refractivity contribution in [2.24, 2.45) is 5.92 Å². The molecule has 1 N–H and O–H groups in total. The number of aromatic nitrogens is 2. The number of thioether (sulfide) groups is 1. The highest BCUT2D eigenvalue weighted by Gasteiger charge is 2.15. The van der Waals surface area contributed by atoms with Crippen LogP contribution in [0.4, 0.5) is 0 Å². The zero-order valence-electron chi connectivity index (χ0n) is 15.4. The molecule has 0 saturated carbocycles. The van der Waals surface area contributed by atoms with Gasteiger partial charge in [-0.1, -0.05) is 30.3 Å². The Morgan fingerprint density at radius 1 is 1.46 bits per heavy atom. The molecule has 6 heteroatoms. The van der Waals surface area contributed by atoms with Gasteiger partial charge in [0.2, 0.25) is 0 Å². The molecule has 4 nitrogen and oxygen atoms in total. The van der Waals surface area contributed by atoms with Crippen LogP contribution in [0.25, 0.3) is 0 Å². The smallest absolute Gasteiger partial charge is 0.270 e. The largest absolute Gasteiger partial charge is 0.326 e. The molecule has 0 atom stereocenters. The standard InChI is InChI=1S/C20H28ClN3OS/c1-3-26-19(16(2)21)10-4-7-17-8-5-13-24(14-6-9-17)15-18-20(25)23-12-11-22-18/h3-4,7,11-12,17H,1,5-6,8-10,13-15H2,2H3,(H,23,25)/b7-4+,19-16+. The van der Waals surface area contributed by atoms with Gasteiger partial charge in [0.1, 0.15) is 5.69 Å². The zero-order chi connectivity index (χ0) is 18.8. The van der Waals surface area contributed by atoms with E-state index in [0.717, 1.165) is 42.3 Å². The van der Waals surface area contributed by atoms with Crippen LogP contribution in [0.1, 0.15) is 44.7 Å². The highest BCUT2D eigenvalue weighted by atomic mass is 35.5. The molecule has 0 spiro atoms. The van der Waals surface area contributed by atoms with Gasteiger partial charge in [-0.2, -0.15) is 0 Å². The summed E-state index contributed by atoms with van der Waals surface area (Å²) in [5.74, 6) is 0.626. The lowest BCUT2D eigenvalue weighted by atomic mass is 9.94. The van der Waals surface area contributed by atoms with Crippen LogP contribution < -0.4 is 5.56 Å². The Hall–Kier alpha value is -1.30. The number of aromatic amines is 1. The Labute approximate surface area is 165 Å². The molecule has 1 aliphatic rings. The lowest BCUT2D eigenvalue weighted by Gasteiger charge is -2.26. The van der Waals surface area contributed by atoms with Crippen molar-refractivity contribution in [1.82, 2.24) is 14.9 Å². The molecule has 142 valence electrons. The van der Waals surface area contributed by atoms with Gasteiger partial charge < -0.3 is 4.98 Å². The summed E-state index contributed by atoms with van der Waals surface area (Å²) >= 11 is 7.73. The molecule has 0 radical (unpaired) electrons. The summed E-state index contributed by atoms with van der Waals surface area (Å²) in [4.78, 5) is 22.2. The molecule has 26 heavy (non-hydrogen) atoms. The highest BCUT2D eigenvalue weighted by molar-refractivity contribution is 8.05. The third-order valence-corrected chi connectivity index (χ3v) is 5.84. The van der Waals surface area contributed by atoms with E-state index in [0.29, 0.717) is 18.2 Å². The summed E-state index contributed by atoms with van der Waals surface area (Å²) in [5.41, 5.74) is 0.534. The predicted molar refractivity (Wildman–Crippen MR) is 112 cm³/mol. The number of allylic oxidation sites excluding steroid dienone is 4. The number of hydrogen-bond acceptors (Lipinski definition) is 4. The molecule has 0 aliphatic carbocycles. The normalized spacial score (nSPS) is 18.4. The maximum atomic E-state index is 11.8. The molecule has 0 aromatic carbocycles. The van der Waals surface area contributed by atoms with Gasteiger partial charge in [-0.3, -0.25) is 14.7 Å². The highest BCUT2D eigenvalue weighted by Crippen LogP contribution is 2.27. The van der Waals surface area contributed by atoms with Crippen molar-refractivity contribution < 1.29 is 0 Å². The van der Waals surface area contributed by atoms with Crippen LogP contribution in [-0.2, 0) is 6.54 Å². The minimum Gasteiger partial charge on any atom is -0.326 e. The van der Waals surface area contributed by atoms with Crippen molar-refractivity contribution >= 4 is 23.4 Å². The summed E-state index contributed by atoms with van der Waals surface area (Å²) in [6.07, 6.45) is 13.3. The molecule has 0 unspecified atom stereocenters. The number of nitrogens with one attached hydrogen (secondary N) is 1. The van der Waals surface area contributed by atoms with Gasteiger partial charge in [-0.25, -0.2) is 0 Å². The number of rotatable bonds is 7. The van der Waals surface area contributed by atoms with Crippen LogP contribution in [0.3, 0.4) is 0 Å². The van der Waals surface area contributed by atoms with Gasteiger partial charge in [-0.05, 0) is 63.4 Å². The van der Waals surface area contributed by atoms with E-state index in [2.05, 4.69) is 33.6 Å². The van der Waals surface area contributed by atoms with Crippen molar-refractivity contribution in [2.45, 2.75) is 45.6 Å². The average Bonchev–Trinajstić information content (AvgIpc) is 2.59. The van der Waals surface area contributed by atoms with Crippen LogP contribution in [-0.4, -0.2) is 28.0 Å². The van der Waals surface area contributed by atoms with Crippen LogP contribution in [0.2, 0.25) is 0 Å². The maximum Gasteiger partial charge on any atom is 0.270 e. The van der Waals surface area contributed by atoms with E-state index < -0.39 is 0 Å². The van der Waals surface area contributed by atoms with Crippen molar-refractivity contribution in [3.63, 3.8) is 0 Å². The van der Waals surface area contributed by atoms with Crippen molar-refractivity contribution in [3.8, 4) is 0 Å². The van der Waals surface area contributed by atoms with Gasteiger partial charge in [0.15, 0.2) is 0 Å². The molecule has 1 saturated heterocycles. The first-order valence-corrected chi connectivity index (χ1v) is 10.4. The minimum absolute atomic E-state index is 0.0776. The molecule has 1 fully saturated rings. The fourth-order valence-corrected chi connectivity index (χ4v) is 3.97. The number of nitrogens with zero attached hydrogens (tertiary/aromatic N) is 2. The number of hydrogen-bond donors (Lipinski definition) is 1. The van der Waals surface area contributed by atoms with E-state index in [1.165, 1.54) is 12.8 Å². The number of H-pyrrole nitrogens is 1.